The van der Waals surface area contributed by atoms with E-state index in [9.17, 15) is 4.79 Å². The van der Waals surface area contributed by atoms with Crippen LogP contribution in [-0.4, -0.2) is 11.5 Å². The first-order valence-corrected chi connectivity index (χ1v) is 5.11. The van der Waals surface area contributed by atoms with Crippen molar-refractivity contribution in [1.82, 2.24) is 4.98 Å². The van der Waals surface area contributed by atoms with Crippen LogP contribution in [0.25, 0.3) is 10.9 Å². The molecule has 0 unspecified atom stereocenters. The first-order valence-electron chi connectivity index (χ1n) is 5.11. The number of aromatic amines is 1. The highest BCUT2D eigenvalue weighted by Gasteiger charge is 1.97. The highest BCUT2D eigenvalue weighted by molar-refractivity contribution is 5.79. The average Bonchev–Trinajstić information content (AvgIpc) is 2.30. The van der Waals surface area contributed by atoms with Gasteiger partial charge in [-0.25, -0.2) is 0 Å². The molecule has 0 aliphatic carbocycles. The third-order valence-electron chi connectivity index (χ3n) is 2.26. The van der Waals surface area contributed by atoms with Crippen molar-refractivity contribution >= 4 is 10.9 Å². The van der Waals surface area contributed by atoms with Crippen LogP contribution < -0.4 is 11.2 Å². The van der Waals surface area contributed by atoms with Gasteiger partial charge in [0.25, 0.3) is 0 Å². The van der Waals surface area contributed by atoms with Crippen molar-refractivity contribution in [3.8, 4) is 11.8 Å². The maximum atomic E-state index is 11.6. The molecule has 0 radical (unpaired) electrons. The highest BCUT2D eigenvalue weighted by Crippen LogP contribution is 2.08. The molecule has 2 rings (SSSR count). The van der Waals surface area contributed by atoms with Crippen molar-refractivity contribution in [2.75, 3.05) is 6.54 Å². The molecule has 3 N–H and O–H groups in total. The van der Waals surface area contributed by atoms with Crippen LogP contribution in [0.5, 0.6) is 0 Å². The van der Waals surface area contributed by atoms with Gasteiger partial charge in [0.2, 0.25) is 0 Å². The molecular formula is C13H12N2O. The molecule has 0 aliphatic heterocycles. The number of hydrogen-bond acceptors (Lipinski definition) is 2. The first-order chi connectivity index (χ1) is 7.81. The van der Waals surface area contributed by atoms with Crippen LogP contribution in [0.2, 0.25) is 0 Å². The Bertz CT molecular complexity index is 617. The van der Waals surface area contributed by atoms with Gasteiger partial charge in [0, 0.05) is 41.7 Å². The summed E-state index contributed by atoms with van der Waals surface area (Å²) in [5.41, 5.74) is 7.04. The molecule has 0 aliphatic rings. The Morgan fingerprint density at radius 3 is 3.00 bits per heavy atom. The van der Waals surface area contributed by atoms with Crippen LogP contribution in [-0.2, 0) is 0 Å². The fourth-order valence-electron chi connectivity index (χ4n) is 1.49. The maximum Gasteiger partial charge on any atom is 0.189 e. The SMILES string of the molecule is NCCC#Cc1ccc2[nH]ccc(=O)c2c1. The number of rotatable bonds is 1. The van der Waals surface area contributed by atoms with E-state index in [4.69, 9.17) is 5.73 Å². The molecule has 0 amide bonds. The van der Waals surface area contributed by atoms with Gasteiger partial charge < -0.3 is 10.7 Å². The molecule has 80 valence electrons. The molecule has 0 fully saturated rings. The molecule has 3 nitrogen and oxygen atoms in total. The summed E-state index contributed by atoms with van der Waals surface area (Å²) >= 11 is 0. The standard InChI is InChI=1S/C13H12N2O/c14-7-2-1-3-10-4-5-12-11(9-10)13(16)6-8-15-12/h4-6,8-9H,2,7,14H2,(H,15,16). The van der Waals surface area contributed by atoms with Crippen molar-refractivity contribution in [3.05, 3.63) is 46.2 Å². The number of H-pyrrole nitrogens is 1. The summed E-state index contributed by atoms with van der Waals surface area (Å²) < 4.78 is 0. The third-order valence-corrected chi connectivity index (χ3v) is 2.26. The van der Waals surface area contributed by atoms with Crippen LogP contribution in [0.1, 0.15) is 12.0 Å². The van der Waals surface area contributed by atoms with Gasteiger partial charge in [0.15, 0.2) is 5.43 Å². The minimum Gasteiger partial charge on any atom is -0.361 e. The van der Waals surface area contributed by atoms with Gasteiger partial charge in [-0.15, -0.1) is 0 Å². The molecule has 2 aromatic rings. The van der Waals surface area contributed by atoms with E-state index in [1.807, 2.05) is 12.1 Å². The minimum absolute atomic E-state index is 0.0104. The van der Waals surface area contributed by atoms with Crippen LogP contribution >= 0.6 is 0 Å². The topological polar surface area (TPSA) is 58.9 Å². The summed E-state index contributed by atoms with van der Waals surface area (Å²) in [5.74, 6) is 5.93. The van der Waals surface area contributed by atoms with Gasteiger partial charge in [-0.3, -0.25) is 4.79 Å². The zero-order chi connectivity index (χ0) is 11.4. The molecule has 0 saturated heterocycles. The van der Waals surface area contributed by atoms with E-state index in [0.717, 1.165) is 11.1 Å². The Labute approximate surface area is 93.3 Å². The monoisotopic (exact) mass is 212 g/mol. The second-order valence-corrected chi connectivity index (χ2v) is 3.44. The maximum absolute atomic E-state index is 11.6. The summed E-state index contributed by atoms with van der Waals surface area (Å²) in [6, 6.07) is 7.07. The molecule has 0 atom stereocenters. The number of nitrogens with two attached hydrogens (primary N) is 1. The van der Waals surface area contributed by atoms with Gasteiger partial charge in [-0.2, -0.15) is 0 Å². The molecular weight excluding hydrogens is 200 g/mol. The zero-order valence-electron chi connectivity index (χ0n) is 8.79. The average molecular weight is 212 g/mol. The van der Waals surface area contributed by atoms with Crippen molar-refractivity contribution in [2.24, 2.45) is 5.73 Å². The lowest BCUT2D eigenvalue weighted by Gasteiger charge is -1.96. The fraction of sp³-hybridized carbons (Fsp3) is 0.154. The summed E-state index contributed by atoms with van der Waals surface area (Å²) in [5, 5.41) is 0.669. The molecule has 1 aromatic heterocycles. The largest absolute Gasteiger partial charge is 0.361 e. The molecule has 3 heteroatoms. The molecule has 0 spiro atoms. The lowest BCUT2D eigenvalue weighted by atomic mass is 10.1. The molecule has 1 aromatic carbocycles. The summed E-state index contributed by atoms with van der Waals surface area (Å²) in [7, 11) is 0. The zero-order valence-corrected chi connectivity index (χ0v) is 8.79. The van der Waals surface area contributed by atoms with E-state index in [0.29, 0.717) is 18.4 Å². The number of nitrogens with one attached hydrogen (secondary N) is 1. The Morgan fingerprint density at radius 2 is 2.19 bits per heavy atom. The van der Waals surface area contributed by atoms with Crippen molar-refractivity contribution in [2.45, 2.75) is 6.42 Å². The van der Waals surface area contributed by atoms with Crippen molar-refractivity contribution in [3.63, 3.8) is 0 Å². The van der Waals surface area contributed by atoms with Crippen LogP contribution in [0.3, 0.4) is 0 Å². The van der Waals surface area contributed by atoms with Gasteiger partial charge in [-0.05, 0) is 18.2 Å². The second-order valence-electron chi connectivity index (χ2n) is 3.44. The smallest absolute Gasteiger partial charge is 0.189 e. The Kier molecular flexibility index (Phi) is 3.04. The summed E-state index contributed by atoms with van der Waals surface area (Å²) in [6.07, 6.45) is 2.31. The predicted octanol–water partition coefficient (Wildman–Crippen LogP) is 1.23. The minimum atomic E-state index is 0.0104. The highest BCUT2D eigenvalue weighted by atomic mass is 16.1. The summed E-state index contributed by atoms with van der Waals surface area (Å²) in [6.45, 7) is 0.557. The van der Waals surface area contributed by atoms with E-state index in [2.05, 4.69) is 16.8 Å². The van der Waals surface area contributed by atoms with Crippen LogP contribution in [0, 0.1) is 11.8 Å². The number of pyridine rings is 1. The number of hydrogen-bond donors (Lipinski definition) is 2. The lowest BCUT2D eigenvalue weighted by molar-refractivity contribution is 1.03. The van der Waals surface area contributed by atoms with Gasteiger partial charge in [-0.1, -0.05) is 11.8 Å². The molecule has 0 bridgehead atoms. The van der Waals surface area contributed by atoms with Gasteiger partial charge in [0.05, 0.1) is 0 Å². The van der Waals surface area contributed by atoms with E-state index in [1.54, 1.807) is 12.3 Å². The fourth-order valence-corrected chi connectivity index (χ4v) is 1.49. The number of benzene rings is 1. The summed E-state index contributed by atoms with van der Waals surface area (Å²) in [4.78, 5) is 14.6. The van der Waals surface area contributed by atoms with E-state index in [-0.39, 0.29) is 5.43 Å². The number of aromatic nitrogens is 1. The predicted molar refractivity (Wildman–Crippen MR) is 65.1 cm³/mol. The van der Waals surface area contributed by atoms with Gasteiger partial charge >= 0.3 is 0 Å². The van der Waals surface area contributed by atoms with E-state index in [1.165, 1.54) is 6.07 Å². The Balaban J connectivity index is 2.49. The van der Waals surface area contributed by atoms with Crippen LogP contribution in [0.4, 0.5) is 0 Å². The van der Waals surface area contributed by atoms with Crippen LogP contribution in [0.15, 0.2) is 35.3 Å². The molecule has 1 heterocycles. The Morgan fingerprint density at radius 1 is 1.31 bits per heavy atom. The third kappa shape index (κ3) is 2.13. The van der Waals surface area contributed by atoms with Crippen molar-refractivity contribution in [1.29, 1.82) is 0 Å². The lowest BCUT2D eigenvalue weighted by Crippen LogP contribution is -2.00. The first kappa shape index (κ1) is 10.5. The van der Waals surface area contributed by atoms with Crippen molar-refractivity contribution < 1.29 is 0 Å². The Hall–Kier alpha value is -2.05. The molecule has 0 saturated carbocycles. The quantitative estimate of drug-likeness (QED) is 0.698. The van der Waals surface area contributed by atoms with E-state index < -0.39 is 0 Å². The van der Waals surface area contributed by atoms with E-state index >= 15 is 0 Å². The normalized spacial score (nSPS) is 9.81. The molecule has 16 heavy (non-hydrogen) atoms. The number of fused-ring (bicyclic) bond motifs is 1. The van der Waals surface area contributed by atoms with Gasteiger partial charge in [0.1, 0.15) is 0 Å². The second kappa shape index (κ2) is 4.65.